The van der Waals surface area contributed by atoms with Gasteiger partial charge in [0, 0.05) is 25.7 Å². The number of pyridine rings is 1. The zero-order valence-corrected chi connectivity index (χ0v) is 17.3. The van der Waals surface area contributed by atoms with E-state index in [1.165, 1.54) is 4.90 Å². The van der Waals surface area contributed by atoms with E-state index in [4.69, 9.17) is 4.74 Å². The highest BCUT2D eigenvalue weighted by Gasteiger charge is 2.19. The van der Waals surface area contributed by atoms with Crippen molar-refractivity contribution in [3.8, 4) is 5.75 Å². The van der Waals surface area contributed by atoms with E-state index in [-0.39, 0.29) is 35.9 Å². The van der Waals surface area contributed by atoms with Crippen molar-refractivity contribution in [1.29, 1.82) is 0 Å². The highest BCUT2D eigenvalue weighted by Crippen LogP contribution is 2.25. The third-order valence-electron chi connectivity index (χ3n) is 3.72. The Labute approximate surface area is 165 Å². The molecule has 2 rings (SSSR count). The summed E-state index contributed by atoms with van der Waals surface area (Å²) < 4.78 is 7.35. The van der Waals surface area contributed by atoms with Crippen LogP contribution in [0.1, 0.15) is 31.1 Å². The third kappa shape index (κ3) is 5.04. The molecule has 136 valence electrons. The average Bonchev–Trinajstić information content (AvgIpc) is 2.53. The number of benzene rings is 1. The summed E-state index contributed by atoms with van der Waals surface area (Å²) in [6, 6.07) is 7.27. The number of nitrogens with zero attached hydrogens (tertiary/aromatic N) is 2. The Morgan fingerprint density at radius 1 is 1.32 bits per heavy atom. The molecule has 1 aromatic heterocycles. The number of halogens is 1. The van der Waals surface area contributed by atoms with Crippen LogP contribution in [0, 0.1) is 0 Å². The van der Waals surface area contributed by atoms with Gasteiger partial charge in [-0.05, 0) is 32.9 Å². The highest BCUT2D eigenvalue weighted by molar-refractivity contribution is 5.98. The number of carbonyl (C=O) groups is 2. The Morgan fingerprint density at radius 3 is 2.60 bits per heavy atom. The lowest BCUT2D eigenvalue weighted by atomic mass is 10.1. The highest BCUT2D eigenvalue weighted by atomic mass is 127. The van der Waals surface area contributed by atoms with Crippen LogP contribution in [-0.4, -0.2) is 36.5 Å². The van der Waals surface area contributed by atoms with Crippen molar-refractivity contribution in [2.45, 2.75) is 26.8 Å². The first-order chi connectivity index (χ1) is 11.3. The summed E-state index contributed by atoms with van der Waals surface area (Å²) in [4.78, 5) is 25.8. The van der Waals surface area contributed by atoms with E-state index in [0.717, 1.165) is 5.52 Å². The van der Waals surface area contributed by atoms with Crippen LogP contribution in [0.2, 0.25) is 0 Å². The molecule has 0 fully saturated rings. The molecule has 0 atom stereocenters. The Bertz CT molecular complexity index is 777. The molecule has 0 bridgehead atoms. The van der Waals surface area contributed by atoms with Gasteiger partial charge in [0.05, 0.1) is 5.39 Å². The Morgan fingerprint density at radius 2 is 2.00 bits per heavy atom. The van der Waals surface area contributed by atoms with E-state index >= 15 is 0 Å². The summed E-state index contributed by atoms with van der Waals surface area (Å²) in [5.41, 5.74) is 1.39. The van der Waals surface area contributed by atoms with Gasteiger partial charge in [-0.25, -0.2) is 9.36 Å². The van der Waals surface area contributed by atoms with E-state index < -0.39 is 6.09 Å². The molecule has 0 aliphatic carbocycles. The van der Waals surface area contributed by atoms with Crippen molar-refractivity contribution < 1.29 is 42.9 Å². The minimum Gasteiger partial charge on any atom is -1.00 e. The molecule has 2 aromatic rings. The van der Waals surface area contributed by atoms with Crippen LogP contribution >= 0.6 is 0 Å². The van der Waals surface area contributed by atoms with Gasteiger partial charge < -0.3 is 38.9 Å². The largest absolute Gasteiger partial charge is 1.00 e. The van der Waals surface area contributed by atoms with Gasteiger partial charge in [0.15, 0.2) is 6.20 Å². The molecule has 0 saturated heterocycles. The molecule has 2 amide bonds. The maximum absolute atomic E-state index is 12.3. The van der Waals surface area contributed by atoms with Crippen LogP contribution < -0.4 is 38.6 Å². The molecular weight excluding hydrogens is 433 g/mol. The standard InChI is InChI=1S/C18H23N3O3.HI/c1-6-20(4)18(23)24-16-9-7-8-15-14(16)10-13(11-21(15)5)17(22)19-12(2)3;/h7-12H,6H2,1-5H3;1H. The smallest absolute Gasteiger partial charge is 0.414 e. The lowest BCUT2D eigenvalue weighted by Crippen LogP contribution is -3.00. The molecule has 0 radical (unpaired) electrons. The number of aromatic nitrogens is 1. The number of rotatable bonds is 4. The fraction of sp³-hybridized carbons (Fsp3) is 0.389. The second kappa shape index (κ2) is 8.98. The number of hydrogen-bond acceptors (Lipinski definition) is 3. The van der Waals surface area contributed by atoms with Gasteiger partial charge in [-0.15, -0.1) is 0 Å². The molecule has 6 nitrogen and oxygen atoms in total. The molecule has 1 N–H and O–H groups in total. The molecule has 0 spiro atoms. The summed E-state index contributed by atoms with van der Waals surface area (Å²) in [5.74, 6) is 0.280. The van der Waals surface area contributed by atoms with E-state index in [1.54, 1.807) is 25.4 Å². The predicted molar refractivity (Wildman–Crippen MR) is 92.1 cm³/mol. The van der Waals surface area contributed by atoms with Crippen molar-refractivity contribution in [2.24, 2.45) is 7.05 Å². The van der Waals surface area contributed by atoms with Gasteiger partial charge in [-0.3, -0.25) is 4.79 Å². The first-order valence-electron chi connectivity index (χ1n) is 7.99. The molecule has 0 saturated carbocycles. The van der Waals surface area contributed by atoms with Gasteiger partial charge in [-0.2, -0.15) is 0 Å². The molecule has 25 heavy (non-hydrogen) atoms. The fourth-order valence-corrected chi connectivity index (χ4v) is 2.32. The normalized spacial score (nSPS) is 10.3. The van der Waals surface area contributed by atoms with Crippen LogP contribution in [0.5, 0.6) is 5.75 Å². The summed E-state index contributed by atoms with van der Waals surface area (Å²) in [7, 11) is 3.53. The molecule has 0 unspecified atom stereocenters. The minimum absolute atomic E-state index is 0. The summed E-state index contributed by atoms with van der Waals surface area (Å²) in [6.07, 6.45) is 1.34. The van der Waals surface area contributed by atoms with Crippen LogP contribution in [0.3, 0.4) is 0 Å². The monoisotopic (exact) mass is 457 g/mol. The molecule has 1 aromatic carbocycles. The first-order valence-corrected chi connectivity index (χ1v) is 7.99. The Balaban J connectivity index is 0.00000312. The minimum atomic E-state index is -0.426. The van der Waals surface area contributed by atoms with E-state index in [2.05, 4.69) is 5.32 Å². The lowest BCUT2D eigenvalue weighted by molar-refractivity contribution is -0.645. The van der Waals surface area contributed by atoms with Gasteiger partial charge in [0.25, 0.3) is 5.91 Å². The quantitative estimate of drug-likeness (QED) is 0.486. The van der Waals surface area contributed by atoms with Crippen molar-refractivity contribution in [1.82, 2.24) is 10.2 Å². The number of hydrogen-bond donors (Lipinski definition) is 1. The zero-order valence-electron chi connectivity index (χ0n) is 15.2. The molecule has 0 aliphatic heterocycles. The van der Waals surface area contributed by atoms with E-state index in [1.807, 2.05) is 44.5 Å². The second-order valence-electron chi connectivity index (χ2n) is 6.04. The topological polar surface area (TPSA) is 62.5 Å². The van der Waals surface area contributed by atoms with Crippen LogP contribution in [0.4, 0.5) is 4.79 Å². The van der Waals surface area contributed by atoms with Gasteiger partial charge in [-0.1, -0.05) is 6.07 Å². The third-order valence-corrected chi connectivity index (χ3v) is 3.72. The maximum Gasteiger partial charge on any atom is 0.414 e. The van der Waals surface area contributed by atoms with Crippen molar-refractivity contribution in [3.63, 3.8) is 0 Å². The number of nitrogens with one attached hydrogen (secondary N) is 1. The van der Waals surface area contributed by atoms with Crippen LogP contribution in [0.15, 0.2) is 30.5 Å². The number of ether oxygens (including phenoxy) is 1. The second-order valence-corrected chi connectivity index (χ2v) is 6.04. The van der Waals surface area contributed by atoms with E-state index in [0.29, 0.717) is 23.2 Å². The summed E-state index contributed by atoms with van der Waals surface area (Å²) >= 11 is 0. The van der Waals surface area contributed by atoms with E-state index in [9.17, 15) is 9.59 Å². The van der Waals surface area contributed by atoms with Gasteiger partial charge >= 0.3 is 6.09 Å². The Hall–Kier alpha value is -1.90. The van der Waals surface area contributed by atoms with Crippen LogP contribution in [0.25, 0.3) is 10.9 Å². The van der Waals surface area contributed by atoms with Crippen molar-refractivity contribution >= 4 is 22.9 Å². The molecule has 0 aliphatic rings. The zero-order chi connectivity index (χ0) is 17.9. The SMILES string of the molecule is CCN(C)C(=O)Oc1cccc2c1cc(C(=O)NC(C)C)c[n+]2C.[I-]. The van der Waals surface area contributed by atoms with Crippen molar-refractivity contribution in [3.05, 3.63) is 36.0 Å². The van der Waals surface area contributed by atoms with Gasteiger partial charge in [0.2, 0.25) is 5.52 Å². The predicted octanol–water partition coefficient (Wildman–Crippen LogP) is -0.743. The molecular formula is C18H24IN3O3. The summed E-state index contributed by atoms with van der Waals surface area (Å²) in [6.45, 7) is 6.25. The first kappa shape index (κ1) is 21.1. The molecule has 1 heterocycles. The average molecular weight is 457 g/mol. The number of amides is 2. The number of carbonyl (C=O) groups excluding carboxylic acids is 2. The maximum atomic E-state index is 12.3. The molecule has 7 heteroatoms. The lowest BCUT2D eigenvalue weighted by Gasteiger charge is -2.15. The fourth-order valence-electron chi connectivity index (χ4n) is 2.32. The summed E-state index contributed by atoms with van der Waals surface area (Å²) in [5, 5.41) is 3.59. The number of fused-ring (bicyclic) bond motifs is 1. The van der Waals surface area contributed by atoms with Gasteiger partial charge in [0.1, 0.15) is 18.4 Å². The Kier molecular flexibility index (Phi) is 7.60. The number of aryl methyl sites for hydroxylation is 1. The van der Waals surface area contributed by atoms with Crippen molar-refractivity contribution in [2.75, 3.05) is 13.6 Å². The van der Waals surface area contributed by atoms with Crippen LogP contribution in [-0.2, 0) is 7.05 Å².